The number of hydrogen-bond acceptors (Lipinski definition) is 6. The third-order valence-corrected chi connectivity index (χ3v) is 6.76. The van der Waals surface area contributed by atoms with Gasteiger partial charge in [0, 0.05) is 49.1 Å². The molecule has 6 rings (SSSR count). The maximum Gasteiger partial charge on any atom is 0.261 e. The third-order valence-electron chi connectivity index (χ3n) is 6.76. The van der Waals surface area contributed by atoms with E-state index in [4.69, 9.17) is 4.98 Å². The van der Waals surface area contributed by atoms with E-state index in [1.54, 1.807) is 17.8 Å². The smallest absolute Gasteiger partial charge is 0.261 e. The lowest BCUT2D eigenvalue weighted by Crippen LogP contribution is -2.27. The van der Waals surface area contributed by atoms with Gasteiger partial charge in [0.1, 0.15) is 5.82 Å². The predicted molar refractivity (Wildman–Crippen MR) is 135 cm³/mol. The summed E-state index contributed by atoms with van der Waals surface area (Å²) >= 11 is 0. The maximum atomic E-state index is 13.0. The summed E-state index contributed by atoms with van der Waals surface area (Å²) in [5, 5.41) is 3.79. The number of aromatic nitrogens is 4. The molecule has 0 atom stereocenters. The molecule has 1 aliphatic carbocycles. The average molecular weight is 467 g/mol. The van der Waals surface area contributed by atoms with Gasteiger partial charge in [-0.1, -0.05) is 12.1 Å². The Hall–Kier alpha value is -4.07. The Morgan fingerprint density at radius 2 is 1.86 bits per heavy atom. The van der Waals surface area contributed by atoms with Crippen molar-refractivity contribution in [1.29, 1.82) is 0 Å². The van der Waals surface area contributed by atoms with Crippen LogP contribution in [0.15, 0.2) is 59.5 Å². The largest absolute Gasteiger partial charge is 0.339 e. The number of carbonyl (C=O) groups excluding carboxylic acids is 1. The minimum atomic E-state index is -0.0364. The molecule has 2 aromatic heterocycles. The lowest BCUT2D eigenvalue weighted by Gasteiger charge is -2.16. The standard InChI is InChI=1S/C27H26N6O2/c1-32-24(17-7-8-17)30-23-10-9-18(16-21(23)26(32)35)22-11-12-28-27(31-22)29-20-6-4-5-19(15-20)25(34)33-13-2-3-14-33/h4-6,9-12,15-17H,2-3,7-8,13-14H2,1H3,(H,28,29,31). The van der Waals surface area contributed by atoms with Crippen LogP contribution < -0.4 is 10.9 Å². The molecule has 0 radical (unpaired) electrons. The molecular weight excluding hydrogens is 440 g/mol. The summed E-state index contributed by atoms with van der Waals surface area (Å²) in [5.74, 6) is 1.74. The number of anilines is 2. The number of nitrogens with one attached hydrogen (secondary N) is 1. The first-order valence-electron chi connectivity index (χ1n) is 12.1. The molecule has 2 aromatic carbocycles. The number of nitrogens with zero attached hydrogens (tertiary/aromatic N) is 5. The molecule has 0 spiro atoms. The van der Waals surface area contributed by atoms with E-state index in [0.29, 0.717) is 34.0 Å². The summed E-state index contributed by atoms with van der Waals surface area (Å²) in [4.78, 5) is 41.4. The molecule has 4 aromatic rings. The topological polar surface area (TPSA) is 93.0 Å². The Morgan fingerprint density at radius 3 is 2.66 bits per heavy atom. The number of benzene rings is 2. The van der Waals surface area contributed by atoms with Crippen LogP contribution in [-0.2, 0) is 7.05 Å². The Kier molecular flexibility index (Phi) is 5.28. The van der Waals surface area contributed by atoms with Gasteiger partial charge in [0.25, 0.3) is 11.5 Å². The molecular formula is C27H26N6O2. The molecule has 8 nitrogen and oxygen atoms in total. The summed E-state index contributed by atoms with van der Waals surface area (Å²) in [6, 6.07) is 14.9. The SMILES string of the molecule is Cn1c(C2CC2)nc2ccc(-c3ccnc(Nc4cccc(C(=O)N5CCCC5)c4)n3)cc2c1=O. The van der Waals surface area contributed by atoms with E-state index in [1.165, 1.54) is 0 Å². The minimum absolute atomic E-state index is 0.0364. The van der Waals surface area contributed by atoms with Crippen LogP contribution >= 0.6 is 0 Å². The minimum Gasteiger partial charge on any atom is -0.339 e. The van der Waals surface area contributed by atoms with Crippen LogP contribution in [0.1, 0.15) is 47.8 Å². The van der Waals surface area contributed by atoms with Crippen molar-refractivity contribution < 1.29 is 4.79 Å². The summed E-state index contributed by atoms with van der Waals surface area (Å²) in [6.07, 6.45) is 5.98. The Bertz CT molecular complexity index is 1500. The highest BCUT2D eigenvalue weighted by Gasteiger charge is 2.28. The molecule has 176 valence electrons. The molecule has 1 saturated carbocycles. The number of fused-ring (bicyclic) bond motifs is 1. The van der Waals surface area contributed by atoms with Gasteiger partial charge in [-0.15, -0.1) is 0 Å². The number of amides is 1. The summed E-state index contributed by atoms with van der Waals surface area (Å²) in [7, 11) is 1.80. The van der Waals surface area contributed by atoms with Crippen molar-refractivity contribution in [2.75, 3.05) is 18.4 Å². The van der Waals surface area contributed by atoms with Crippen LogP contribution in [0, 0.1) is 0 Å². The average Bonchev–Trinajstić information content (AvgIpc) is 3.58. The van der Waals surface area contributed by atoms with Gasteiger partial charge in [-0.25, -0.2) is 15.0 Å². The molecule has 0 bridgehead atoms. The number of likely N-dealkylation sites (tertiary alicyclic amines) is 1. The molecule has 0 unspecified atom stereocenters. The molecule has 35 heavy (non-hydrogen) atoms. The monoisotopic (exact) mass is 466 g/mol. The summed E-state index contributed by atoms with van der Waals surface area (Å²) in [5.41, 5.74) is 3.59. The van der Waals surface area contributed by atoms with E-state index >= 15 is 0 Å². The van der Waals surface area contributed by atoms with Crippen molar-refractivity contribution in [3.05, 3.63) is 76.5 Å². The van der Waals surface area contributed by atoms with E-state index < -0.39 is 0 Å². The second-order valence-electron chi connectivity index (χ2n) is 9.31. The molecule has 8 heteroatoms. The highest BCUT2D eigenvalue weighted by atomic mass is 16.2. The Morgan fingerprint density at radius 1 is 1.03 bits per heavy atom. The van der Waals surface area contributed by atoms with E-state index in [-0.39, 0.29) is 11.5 Å². The van der Waals surface area contributed by atoms with Crippen LogP contribution in [-0.4, -0.2) is 43.4 Å². The van der Waals surface area contributed by atoms with Gasteiger partial charge in [-0.3, -0.25) is 14.2 Å². The van der Waals surface area contributed by atoms with Crippen molar-refractivity contribution in [1.82, 2.24) is 24.4 Å². The zero-order valence-electron chi connectivity index (χ0n) is 19.6. The number of carbonyl (C=O) groups is 1. The molecule has 1 saturated heterocycles. The lowest BCUT2D eigenvalue weighted by molar-refractivity contribution is 0.0793. The van der Waals surface area contributed by atoms with Gasteiger partial charge in [0.2, 0.25) is 5.95 Å². The van der Waals surface area contributed by atoms with Crippen molar-refractivity contribution >= 4 is 28.4 Å². The van der Waals surface area contributed by atoms with Gasteiger partial charge in [0.15, 0.2) is 0 Å². The van der Waals surface area contributed by atoms with Gasteiger partial charge in [-0.05, 0) is 62.1 Å². The fraction of sp³-hybridized carbons (Fsp3) is 0.296. The highest BCUT2D eigenvalue weighted by molar-refractivity contribution is 5.95. The van der Waals surface area contributed by atoms with Crippen LogP contribution in [0.5, 0.6) is 0 Å². The molecule has 2 aliphatic rings. The molecule has 2 fully saturated rings. The molecule has 3 heterocycles. The molecule has 1 amide bonds. The highest BCUT2D eigenvalue weighted by Crippen LogP contribution is 2.38. The second-order valence-corrected chi connectivity index (χ2v) is 9.31. The van der Waals surface area contributed by atoms with E-state index in [1.807, 2.05) is 53.4 Å². The maximum absolute atomic E-state index is 13.0. The van der Waals surface area contributed by atoms with Crippen LogP contribution in [0.2, 0.25) is 0 Å². The normalized spacial score (nSPS) is 15.5. The Labute approximate surface area is 202 Å². The zero-order valence-corrected chi connectivity index (χ0v) is 19.6. The first-order valence-corrected chi connectivity index (χ1v) is 12.1. The fourth-order valence-corrected chi connectivity index (χ4v) is 4.70. The predicted octanol–water partition coefficient (Wildman–Crippen LogP) is 4.25. The zero-order chi connectivity index (χ0) is 23.9. The lowest BCUT2D eigenvalue weighted by atomic mass is 10.1. The van der Waals surface area contributed by atoms with Crippen molar-refractivity contribution in [3.8, 4) is 11.3 Å². The first kappa shape index (κ1) is 21.5. The Balaban J connectivity index is 1.28. The van der Waals surface area contributed by atoms with Gasteiger partial charge >= 0.3 is 0 Å². The van der Waals surface area contributed by atoms with E-state index in [2.05, 4.69) is 15.3 Å². The van der Waals surface area contributed by atoms with Crippen LogP contribution in [0.3, 0.4) is 0 Å². The van der Waals surface area contributed by atoms with Gasteiger partial charge < -0.3 is 10.2 Å². The summed E-state index contributed by atoms with van der Waals surface area (Å²) in [6.45, 7) is 1.63. The third kappa shape index (κ3) is 4.16. The number of rotatable bonds is 5. The number of hydrogen-bond donors (Lipinski definition) is 1. The van der Waals surface area contributed by atoms with E-state index in [0.717, 1.165) is 55.8 Å². The van der Waals surface area contributed by atoms with E-state index in [9.17, 15) is 9.59 Å². The molecule has 1 N–H and O–H groups in total. The fourth-order valence-electron chi connectivity index (χ4n) is 4.70. The van der Waals surface area contributed by atoms with Crippen LogP contribution in [0.25, 0.3) is 22.2 Å². The molecule has 1 aliphatic heterocycles. The van der Waals surface area contributed by atoms with Gasteiger partial charge in [-0.2, -0.15) is 0 Å². The van der Waals surface area contributed by atoms with Crippen LogP contribution in [0.4, 0.5) is 11.6 Å². The van der Waals surface area contributed by atoms with Crippen molar-refractivity contribution in [2.45, 2.75) is 31.6 Å². The van der Waals surface area contributed by atoms with Crippen molar-refractivity contribution in [3.63, 3.8) is 0 Å². The first-order chi connectivity index (χ1) is 17.1. The summed E-state index contributed by atoms with van der Waals surface area (Å²) < 4.78 is 1.67. The quantitative estimate of drug-likeness (QED) is 0.473. The van der Waals surface area contributed by atoms with Crippen molar-refractivity contribution in [2.24, 2.45) is 7.05 Å². The van der Waals surface area contributed by atoms with Gasteiger partial charge in [0.05, 0.1) is 16.6 Å². The second kappa shape index (κ2) is 8.61.